The number of hydrogen-bond acceptors (Lipinski definition) is 9. The molecule has 0 unspecified atom stereocenters. The Morgan fingerprint density at radius 1 is 1.00 bits per heavy atom. The van der Waals surface area contributed by atoms with E-state index in [-0.39, 0.29) is 5.91 Å². The zero-order valence-electron chi connectivity index (χ0n) is 26.2. The number of H-pyrrole nitrogens is 1. The molecule has 242 valence electrons. The van der Waals surface area contributed by atoms with Gasteiger partial charge >= 0.3 is 0 Å². The monoisotopic (exact) mass is 677 g/mol. The minimum Gasteiger partial charge on any atom is -0.497 e. The predicted octanol–water partition coefficient (Wildman–Crippen LogP) is 5.96. The maximum absolute atomic E-state index is 13.4. The number of halogens is 1. The Morgan fingerprint density at radius 3 is 2.69 bits per heavy atom. The van der Waals surface area contributed by atoms with Crippen molar-refractivity contribution in [2.75, 3.05) is 7.11 Å². The van der Waals surface area contributed by atoms with Crippen molar-refractivity contribution in [3.8, 4) is 5.75 Å². The van der Waals surface area contributed by atoms with Crippen molar-refractivity contribution < 1.29 is 9.53 Å². The Labute approximate surface area is 285 Å². The third kappa shape index (κ3) is 7.04. The molecule has 1 amide bonds. The van der Waals surface area contributed by atoms with E-state index < -0.39 is 0 Å². The first-order valence-corrected chi connectivity index (χ1v) is 16.8. The molecular formula is C35H32ClN9O2S. The molecule has 0 spiro atoms. The van der Waals surface area contributed by atoms with Crippen LogP contribution < -0.4 is 10.1 Å². The Morgan fingerprint density at radius 2 is 1.90 bits per heavy atom. The molecule has 4 heterocycles. The highest BCUT2D eigenvalue weighted by Crippen LogP contribution is 2.32. The van der Waals surface area contributed by atoms with Crippen molar-refractivity contribution >= 4 is 50.0 Å². The molecule has 7 aromatic rings. The smallest absolute Gasteiger partial charge is 0.251 e. The van der Waals surface area contributed by atoms with Crippen molar-refractivity contribution in [3.05, 3.63) is 123 Å². The van der Waals surface area contributed by atoms with Gasteiger partial charge in [-0.2, -0.15) is 5.21 Å². The lowest BCUT2D eigenvalue weighted by atomic mass is 9.99. The Kier molecular flexibility index (Phi) is 9.34. The molecule has 4 aromatic heterocycles. The van der Waals surface area contributed by atoms with E-state index in [9.17, 15) is 4.79 Å². The summed E-state index contributed by atoms with van der Waals surface area (Å²) in [4.78, 5) is 26.5. The van der Waals surface area contributed by atoms with Crippen molar-refractivity contribution in [2.45, 2.75) is 45.2 Å². The van der Waals surface area contributed by atoms with Gasteiger partial charge in [-0.3, -0.25) is 4.79 Å². The number of ether oxygens (including phenoxy) is 1. The number of nitrogens with one attached hydrogen (secondary N) is 2. The first kappa shape index (κ1) is 31.4. The van der Waals surface area contributed by atoms with Crippen LogP contribution in [0.15, 0.2) is 79.3 Å². The summed E-state index contributed by atoms with van der Waals surface area (Å²) >= 11 is 7.90. The van der Waals surface area contributed by atoms with Crippen LogP contribution in [0.25, 0.3) is 21.1 Å². The number of tetrazole rings is 1. The number of thiazole rings is 1. The van der Waals surface area contributed by atoms with E-state index in [4.69, 9.17) is 21.3 Å². The molecule has 0 bridgehead atoms. The number of aromatic amines is 1. The van der Waals surface area contributed by atoms with Gasteiger partial charge in [-0.15, -0.1) is 21.5 Å². The van der Waals surface area contributed by atoms with Crippen molar-refractivity contribution in [2.24, 2.45) is 0 Å². The molecule has 2 N–H and O–H groups in total. The molecule has 11 nitrogen and oxygen atoms in total. The van der Waals surface area contributed by atoms with Gasteiger partial charge in [-0.25, -0.2) is 15.0 Å². The maximum atomic E-state index is 13.4. The second-order valence-corrected chi connectivity index (χ2v) is 12.9. The minimum absolute atomic E-state index is 0.162. The number of methoxy groups -OCH3 is 1. The van der Waals surface area contributed by atoms with Crippen LogP contribution in [-0.2, 0) is 45.2 Å². The standard InChI is InChI=1S/C35H32ClN9O2S/c1-47-26-8-12-32-29(19-26)40-34(48-32)13-11-30-27(9-4-22-2-6-24(36)7-3-22)28-18-23(35(46)38-20-25-14-16-37-21-39-25)5-10-31(28)45(30)17-15-33-41-43-44-42-33/h2-3,5-8,10,12,14,16,18-19,21H,4,9,11,13,15,17,20H2,1H3,(H,38,46)(H,41,42,43,44). The molecule has 0 saturated carbocycles. The van der Waals surface area contributed by atoms with Gasteiger partial charge in [0.05, 0.1) is 34.6 Å². The Balaban J connectivity index is 1.26. The fourth-order valence-corrected chi connectivity index (χ4v) is 7.04. The van der Waals surface area contributed by atoms with E-state index >= 15 is 0 Å². The predicted molar refractivity (Wildman–Crippen MR) is 185 cm³/mol. The molecule has 0 aliphatic carbocycles. The molecule has 48 heavy (non-hydrogen) atoms. The highest BCUT2D eigenvalue weighted by atomic mass is 35.5. The van der Waals surface area contributed by atoms with Crippen molar-refractivity contribution in [1.82, 2.24) is 45.5 Å². The van der Waals surface area contributed by atoms with Crippen LogP contribution in [0, 0.1) is 0 Å². The summed E-state index contributed by atoms with van der Waals surface area (Å²) in [6.07, 6.45) is 6.88. The van der Waals surface area contributed by atoms with Crippen LogP contribution in [0.2, 0.25) is 5.02 Å². The molecule has 0 radical (unpaired) electrons. The average molecular weight is 678 g/mol. The molecule has 0 aliphatic rings. The molecule has 3 aromatic carbocycles. The fraction of sp³-hybridized carbons (Fsp3) is 0.229. The average Bonchev–Trinajstić information content (AvgIpc) is 3.86. The summed E-state index contributed by atoms with van der Waals surface area (Å²) in [7, 11) is 1.67. The van der Waals surface area contributed by atoms with E-state index in [0.717, 1.165) is 63.3 Å². The van der Waals surface area contributed by atoms with Gasteiger partial charge in [0.2, 0.25) is 0 Å². The van der Waals surface area contributed by atoms with Gasteiger partial charge in [0.1, 0.15) is 12.1 Å². The van der Waals surface area contributed by atoms with Crippen LogP contribution in [0.3, 0.4) is 0 Å². The van der Waals surface area contributed by atoms with Crippen molar-refractivity contribution in [3.63, 3.8) is 0 Å². The van der Waals surface area contributed by atoms with Gasteiger partial charge in [0.15, 0.2) is 5.82 Å². The van der Waals surface area contributed by atoms with E-state index in [2.05, 4.69) is 58.7 Å². The highest BCUT2D eigenvalue weighted by molar-refractivity contribution is 7.18. The molecule has 0 fully saturated rings. The number of aryl methyl sites for hydroxylation is 5. The highest BCUT2D eigenvalue weighted by Gasteiger charge is 2.20. The number of rotatable bonds is 13. The van der Waals surface area contributed by atoms with Crippen LogP contribution in [-0.4, -0.2) is 53.2 Å². The van der Waals surface area contributed by atoms with Crippen LogP contribution >= 0.6 is 22.9 Å². The number of nitrogens with zero attached hydrogens (tertiary/aromatic N) is 7. The van der Waals surface area contributed by atoms with E-state index in [1.54, 1.807) is 30.7 Å². The lowest BCUT2D eigenvalue weighted by Gasteiger charge is -2.12. The summed E-state index contributed by atoms with van der Waals surface area (Å²) in [5, 5.41) is 20.5. The zero-order chi connectivity index (χ0) is 32.9. The first-order valence-electron chi connectivity index (χ1n) is 15.6. The summed E-state index contributed by atoms with van der Waals surface area (Å²) in [6, 6.07) is 21.7. The van der Waals surface area contributed by atoms with E-state index in [1.165, 1.54) is 23.1 Å². The zero-order valence-corrected chi connectivity index (χ0v) is 27.8. The van der Waals surface area contributed by atoms with Gasteiger partial charge < -0.3 is 14.6 Å². The molecule has 7 rings (SSSR count). The summed E-state index contributed by atoms with van der Waals surface area (Å²) in [5.74, 6) is 1.28. The number of carbonyl (C=O) groups excluding carboxylic acids is 1. The van der Waals surface area contributed by atoms with Crippen molar-refractivity contribution in [1.29, 1.82) is 0 Å². The number of amides is 1. The van der Waals surface area contributed by atoms with Gasteiger partial charge in [-0.05, 0) is 78.9 Å². The number of hydrogen-bond donors (Lipinski definition) is 2. The second-order valence-electron chi connectivity index (χ2n) is 11.3. The molecule has 0 aliphatic heterocycles. The minimum atomic E-state index is -0.162. The van der Waals surface area contributed by atoms with Crippen LogP contribution in [0.1, 0.15) is 43.7 Å². The Hall–Kier alpha value is -5.20. The first-order chi connectivity index (χ1) is 23.5. The number of fused-ring (bicyclic) bond motifs is 2. The fourth-order valence-electron chi connectivity index (χ4n) is 5.97. The quantitative estimate of drug-likeness (QED) is 0.153. The van der Waals surface area contributed by atoms with Gasteiger partial charge in [-0.1, -0.05) is 28.9 Å². The lowest BCUT2D eigenvalue weighted by Crippen LogP contribution is -2.23. The normalized spacial score (nSPS) is 11.4. The topological polar surface area (TPSA) is 136 Å². The van der Waals surface area contributed by atoms with E-state index in [1.807, 2.05) is 42.5 Å². The van der Waals surface area contributed by atoms with Crippen LogP contribution in [0.4, 0.5) is 0 Å². The summed E-state index contributed by atoms with van der Waals surface area (Å²) in [6.45, 7) is 0.969. The molecule has 0 atom stereocenters. The second kappa shape index (κ2) is 14.3. The number of aromatic nitrogens is 8. The molecular weight excluding hydrogens is 646 g/mol. The molecule has 0 saturated heterocycles. The number of carbonyl (C=O) groups is 1. The SMILES string of the molecule is COc1ccc2sc(CCc3c(CCc4ccc(Cl)cc4)c4cc(C(=O)NCc5ccncn5)ccc4n3CCc3nn[nH]n3)nc2c1. The van der Waals surface area contributed by atoms with Gasteiger partial charge in [0.25, 0.3) is 5.91 Å². The Bertz CT molecular complexity index is 2160. The maximum Gasteiger partial charge on any atom is 0.251 e. The summed E-state index contributed by atoms with van der Waals surface area (Å²) < 4.78 is 8.90. The van der Waals surface area contributed by atoms with E-state index in [0.29, 0.717) is 35.9 Å². The molecule has 13 heteroatoms. The van der Waals surface area contributed by atoms with Gasteiger partial charge in [0, 0.05) is 58.8 Å². The summed E-state index contributed by atoms with van der Waals surface area (Å²) in [5.41, 5.74) is 6.93. The number of benzene rings is 3. The largest absolute Gasteiger partial charge is 0.497 e. The van der Waals surface area contributed by atoms with Crippen LogP contribution in [0.5, 0.6) is 5.75 Å². The third-order valence-electron chi connectivity index (χ3n) is 8.36. The lowest BCUT2D eigenvalue weighted by molar-refractivity contribution is 0.0950. The third-order valence-corrected chi connectivity index (χ3v) is 9.71.